The van der Waals surface area contributed by atoms with Gasteiger partial charge in [-0.2, -0.15) is 0 Å². The highest BCUT2D eigenvalue weighted by Crippen LogP contribution is 2.12. The number of amides is 2. The predicted octanol–water partition coefficient (Wildman–Crippen LogP) is 3.45. The zero-order valence-corrected chi connectivity index (χ0v) is 14.7. The Kier molecular flexibility index (Phi) is 6.38. The van der Waals surface area contributed by atoms with E-state index in [4.69, 9.17) is 0 Å². The molecule has 2 N–H and O–H groups in total. The molecule has 0 saturated heterocycles. The van der Waals surface area contributed by atoms with Gasteiger partial charge in [0.25, 0.3) is 0 Å². The second-order valence-electron chi connectivity index (χ2n) is 5.86. The zero-order chi connectivity index (χ0) is 19.1. The first kappa shape index (κ1) is 19.1. The van der Waals surface area contributed by atoms with E-state index in [0.29, 0.717) is 22.5 Å². The molecular weight excluding hydrogens is 332 g/mol. The molecule has 6 heteroatoms. The number of Topliss-reactive ketones (excluding diaryl/α,β-unsaturated/α-hetero) is 2. The smallest absolute Gasteiger partial charge is 0.224 e. The van der Waals surface area contributed by atoms with Gasteiger partial charge in [0.1, 0.15) is 0 Å². The molecule has 0 heterocycles. The average Bonchev–Trinajstić information content (AvgIpc) is 2.61. The number of carbonyl (C=O) groups excluding carboxylic acids is 4. The summed E-state index contributed by atoms with van der Waals surface area (Å²) in [5.41, 5.74) is 2.27. The Morgan fingerprint density at radius 2 is 0.923 bits per heavy atom. The van der Waals surface area contributed by atoms with Crippen LogP contribution in [0.15, 0.2) is 48.5 Å². The first-order chi connectivity index (χ1) is 12.3. The van der Waals surface area contributed by atoms with E-state index in [1.165, 1.54) is 13.8 Å². The lowest BCUT2D eigenvalue weighted by atomic mass is 10.1. The topological polar surface area (TPSA) is 92.3 Å². The monoisotopic (exact) mass is 352 g/mol. The van der Waals surface area contributed by atoms with Crippen LogP contribution in [0.3, 0.4) is 0 Å². The first-order valence-electron chi connectivity index (χ1n) is 8.17. The van der Waals surface area contributed by atoms with Crippen LogP contribution in [0.1, 0.15) is 47.4 Å². The number of ketones is 2. The van der Waals surface area contributed by atoms with Crippen LogP contribution in [0.5, 0.6) is 0 Å². The molecule has 0 bridgehead atoms. The summed E-state index contributed by atoms with van der Waals surface area (Å²) in [5.74, 6) is -0.669. The highest BCUT2D eigenvalue weighted by molar-refractivity contribution is 5.98. The minimum absolute atomic E-state index is 0.0336. The summed E-state index contributed by atoms with van der Waals surface area (Å²) < 4.78 is 0. The number of benzene rings is 2. The van der Waals surface area contributed by atoms with Crippen LogP contribution < -0.4 is 10.6 Å². The largest absolute Gasteiger partial charge is 0.326 e. The summed E-state index contributed by atoms with van der Waals surface area (Å²) in [5, 5.41) is 5.36. The Labute approximate surface area is 151 Å². The Morgan fingerprint density at radius 3 is 1.19 bits per heavy atom. The molecule has 0 saturated carbocycles. The van der Waals surface area contributed by atoms with Crippen molar-refractivity contribution in [1.29, 1.82) is 0 Å². The Balaban J connectivity index is 1.80. The highest BCUT2D eigenvalue weighted by Gasteiger charge is 2.09. The summed E-state index contributed by atoms with van der Waals surface area (Å²) >= 11 is 0. The summed E-state index contributed by atoms with van der Waals surface area (Å²) in [6.45, 7) is 2.94. The van der Waals surface area contributed by atoms with Crippen molar-refractivity contribution >= 4 is 34.8 Å². The van der Waals surface area contributed by atoms with Crippen LogP contribution in [0.2, 0.25) is 0 Å². The van der Waals surface area contributed by atoms with Crippen LogP contribution in [-0.4, -0.2) is 23.4 Å². The molecule has 26 heavy (non-hydrogen) atoms. The second-order valence-corrected chi connectivity index (χ2v) is 5.86. The Bertz CT molecular complexity index is 752. The van der Waals surface area contributed by atoms with E-state index in [1.54, 1.807) is 48.5 Å². The van der Waals surface area contributed by atoms with Crippen molar-refractivity contribution in [3.8, 4) is 0 Å². The molecule has 0 radical (unpaired) electrons. The number of anilines is 2. The fourth-order valence-corrected chi connectivity index (χ4v) is 2.25. The van der Waals surface area contributed by atoms with Crippen molar-refractivity contribution in [2.24, 2.45) is 0 Å². The Hall–Kier alpha value is -3.28. The SMILES string of the molecule is CC(=O)c1ccc(NC(=O)CCC(=O)Nc2ccc(C(C)=O)cc2)cc1. The van der Waals surface area contributed by atoms with E-state index in [2.05, 4.69) is 10.6 Å². The van der Waals surface area contributed by atoms with Gasteiger partial charge >= 0.3 is 0 Å². The van der Waals surface area contributed by atoms with Crippen molar-refractivity contribution in [3.05, 3.63) is 59.7 Å². The summed E-state index contributed by atoms with van der Waals surface area (Å²) in [6.07, 6.45) is 0.0671. The average molecular weight is 352 g/mol. The minimum Gasteiger partial charge on any atom is -0.326 e. The van der Waals surface area contributed by atoms with Crippen LogP contribution in [0.4, 0.5) is 11.4 Å². The first-order valence-corrected chi connectivity index (χ1v) is 8.17. The summed E-state index contributed by atoms with van der Waals surface area (Å²) in [4.78, 5) is 46.2. The van der Waals surface area contributed by atoms with Crippen LogP contribution in [0, 0.1) is 0 Å². The van der Waals surface area contributed by atoms with Crippen LogP contribution in [0.25, 0.3) is 0 Å². The molecule has 2 aromatic rings. The lowest BCUT2D eigenvalue weighted by Gasteiger charge is -2.07. The second kappa shape index (κ2) is 8.71. The van der Waals surface area contributed by atoms with Crippen molar-refractivity contribution in [3.63, 3.8) is 0 Å². The third-order valence-electron chi connectivity index (χ3n) is 3.73. The molecule has 134 valence electrons. The zero-order valence-electron chi connectivity index (χ0n) is 14.7. The number of nitrogens with one attached hydrogen (secondary N) is 2. The molecule has 0 atom stereocenters. The maximum atomic E-state index is 11.9. The van der Waals surface area contributed by atoms with E-state index in [1.807, 2.05) is 0 Å². The van der Waals surface area contributed by atoms with E-state index in [0.717, 1.165) is 0 Å². The van der Waals surface area contributed by atoms with Gasteiger partial charge in [0.2, 0.25) is 11.8 Å². The maximum absolute atomic E-state index is 11.9. The van der Waals surface area contributed by atoms with Gasteiger partial charge in [0.05, 0.1) is 0 Å². The van der Waals surface area contributed by atoms with E-state index in [9.17, 15) is 19.2 Å². The summed E-state index contributed by atoms with van der Waals surface area (Å²) in [6, 6.07) is 13.1. The van der Waals surface area contributed by atoms with Crippen molar-refractivity contribution in [1.82, 2.24) is 0 Å². The summed E-state index contributed by atoms with van der Waals surface area (Å²) in [7, 11) is 0. The Morgan fingerprint density at radius 1 is 0.615 bits per heavy atom. The predicted molar refractivity (Wildman–Crippen MR) is 99.4 cm³/mol. The maximum Gasteiger partial charge on any atom is 0.224 e. The molecule has 2 rings (SSSR count). The number of carbonyl (C=O) groups is 4. The quantitative estimate of drug-likeness (QED) is 0.747. The lowest BCUT2D eigenvalue weighted by molar-refractivity contribution is -0.121. The molecular formula is C20H20N2O4. The molecule has 2 aromatic carbocycles. The molecule has 6 nitrogen and oxygen atoms in total. The molecule has 0 aliphatic heterocycles. The third kappa shape index (κ3) is 5.66. The van der Waals surface area contributed by atoms with Crippen LogP contribution in [-0.2, 0) is 9.59 Å². The highest BCUT2D eigenvalue weighted by atomic mass is 16.2. The van der Waals surface area contributed by atoms with Gasteiger partial charge in [-0.15, -0.1) is 0 Å². The van der Waals surface area contributed by atoms with E-state index >= 15 is 0 Å². The number of hydrogen-bond acceptors (Lipinski definition) is 4. The van der Waals surface area contributed by atoms with Crippen LogP contribution >= 0.6 is 0 Å². The van der Waals surface area contributed by atoms with E-state index in [-0.39, 0.29) is 36.2 Å². The van der Waals surface area contributed by atoms with Gasteiger partial charge in [-0.25, -0.2) is 0 Å². The van der Waals surface area contributed by atoms with E-state index < -0.39 is 0 Å². The van der Waals surface area contributed by atoms with Gasteiger partial charge in [-0.05, 0) is 62.4 Å². The van der Waals surface area contributed by atoms with Crippen molar-refractivity contribution in [2.45, 2.75) is 26.7 Å². The standard InChI is InChI=1S/C20H20N2O4/c1-13(23)15-3-7-17(8-4-15)21-19(25)11-12-20(26)22-18-9-5-16(6-10-18)14(2)24/h3-10H,11-12H2,1-2H3,(H,21,25)(H,22,26). The fourth-order valence-electron chi connectivity index (χ4n) is 2.25. The molecule has 0 aromatic heterocycles. The molecule has 0 aliphatic rings. The number of rotatable bonds is 7. The molecule has 0 aliphatic carbocycles. The van der Waals surface area contributed by atoms with Crippen molar-refractivity contribution in [2.75, 3.05) is 10.6 Å². The van der Waals surface area contributed by atoms with Gasteiger partial charge in [-0.3, -0.25) is 19.2 Å². The lowest BCUT2D eigenvalue weighted by Crippen LogP contribution is -2.17. The normalized spacial score (nSPS) is 10.1. The molecule has 0 unspecified atom stereocenters. The van der Waals surface area contributed by atoms with Gasteiger partial charge in [0, 0.05) is 35.3 Å². The third-order valence-corrected chi connectivity index (χ3v) is 3.73. The molecule has 0 fully saturated rings. The van der Waals surface area contributed by atoms with Gasteiger partial charge in [-0.1, -0.05) is 0 Å². The molecule has 2 amide bonds. The fraction of sp³-hybridized carbons (Fsp3) is 0.200. The van der Waals surface area contributed by atoms with Crippen molar-refractivity contribution < 1.29 is 19.2 Å². The molecule has 0 spiro atoms. The van der Waals surface area contributed by atoms with Gasteiger partial charge in [0.15, 0.2) is 11.6 Å². The number of hydrogen-bond donors (Lipinski definition) is 2. The minimum atomic E-state index is -0.289. The van der Waals surface area contributed by atoms with Gasteiger partial charge < -0.3 is 10.6 Å².